The molecule has 1 aliphatic carbocycles. The number of hydrogen-bond acceptors (Lipinski definition) is 4. The highest BCUT2D eigenvalue weighted by Crippen LogP contribution is 2.52. The van der Waals surface area contributed by atoms with Gasteiger partial charge in [-0.1, -0.05) is 69.3 Å². The molecular weight excluding hydrogens is 456 g/mol. The number of aliphatic carboxylic acids is 1. The maximum absolute atomic E-state index is 12.9. The minimum Gasteiger partial charge on any atom is -0.547 e. The lowest BCUT2D eigenvalue weighted by Crippen LogP contribution is -2.31. The van der Waals surface area contributed by atoms with Gasteiger partial charge in [-0.15, -0.1) is 0 Å². The van der Waals surface area contributed by atoms with E-state index < -0.39 is 20.6 Å². The van der Waals surface area contributed by atoms with Crippen molar-refractivity contribution < 1.29 is 24.2 Å². The second kappa shape index (κ2) is 9.02. The zero-order valence-electron chi connectivity index (χ0n) is 21.0. The molecule has 0 heterocycles. The quantitative estimate of drug-likeness (QED) is 0.449. The maximum Gasteiger partial charge on any atom is 0.335 e. The molecular formula is C29H32O5Si. The summed E-state index contributed by atoms with van der Waals surface area (Å²) in [5.41, 5.74) is 1.92. The van der Waals surface area contributed by atoms with Gasteiger partial charge < -0.3 is 19.4 Å². The van der Waals surface area contributed by atoms with Crippen molar-refractivity contribution in [2.24, 2.45) is 0 Å². The topological polar surface area (TPSA) is 76.0 Å². The summed E-state index contributed by atoms with van der Waals surface area (Å²) >= 11 is 0. The van der Waals surface area contributed by atoms with Crippen LogP contribution in [0.3, 0.4) is 0 Å². The Hall–Kier alpha value is -3.35. The Morgan fingerprint density at radius 1 is 0.943 bits per heavy atom. The SMILES string of the molecule is COc1ccc(C2(O)C(C(=O)O)=C(c3ccc(C(C)(C)C)cc3O[SiH](C)C)c3ccccc32)cc1. The van der Waals surface area contributed by atoms with Crippen LogP contribution in [0.4, 0.5) is 0 Å². The monoisotopic (exact) mass is 488 g/mol. The molecule has 6 heteroatoms. The van der Waals surface area contributed by atoms with Crippen LogP contribution >= 0.6 is 0 Å². The van der Waals surface area contributed by atoms with E-state index in [0.29, 0.717) is 39.3 Å². The standard InChI is InChI=1S/C29H32O5Si/c1-28(2,3)19-13-16-22(24(17-19)34-35(5)6)25-21-9-7-8-10-23(21)29(32,26(25)27(30)31)18-11-14-20(33-4)15-12-18/h7-17,32,35H,1-6H3,(H,30,31). The Bertz CT molecular complexity index is 1300. The largest absolute Gasteiger partial charge is 0.547 e. The number of fused-ring (bicyclic) bond motifs is 1. The smallest absolute Gasteiger partial charge is 0.335 e. The molecule has 0 amide bonds. The van der Waals surface area contributed by atoms with Crippen LogP contribution in [0.2, 0.25) is 13.1 Å². The average molecular weight is 489 g/mol. The third-order valence-electron chi connectivity index (χ3n) is 6.40. The van der Waals surface area contributed by atoms with Gasteiger partial charge in [0, 0.05) is 16.7 Å². The molecule has 0 bridgehead atoms. The van der Waals surface area contributed by atoms with Gasteiger partial charge in [0.2, 0.25) is 9.04 Å². The van der Waals surface area contributed by atoms with Crippen LogP contribution in [-0.4, -0.2) is 32.3 Å². The van der Waals surface area contributed by atoms with Crippen molar-refractivity contribution in [3.63, 3.8) is 0 Å². The molecule has 0 spiro atoms. The highest BCUT2D eigenvalue weighted by molar-refractivity contribution is 6.49. The first kappa shape index (κ1) is 24.8. The molecule has 35 heavy (non-hydrogen) atoms. The minimum absolute atomic E-state index is 0.0809. The first-order chi connectivity index (χ1) is 16.5. The van der Waals surface area contributed by atoms with Gasteiger partial charge in [-0.2, -0.15) is 0 Å². The van der Waals surface area contributed by atoms with Gasteiger partial charge in [0.05, 0.1) is 12.7 Å². The van der Waals surface area contributed by atoms with E-state index in [0.717, 1.165) is 5.56 Å². The third kappa shape index (κ3) is 4.28. The highest BCUT2D eigenvalue weighted by atomic mass is 28.3. The van der Waals surface area contributed by atoms with Crippen molar-refractivity contribution in [1.29, 1.82) is 0 Å². The lowest BCUT2D eigenvalue weighted by molar-refractivity contribution is -0.134. The van der Waals surface area contributed by atoms with E-state index in [2.05, 4.69) is 33.9 Å². The lowest BCUT2D eigenvalue weighted by Gasteiger charge is -2.27. The summed E-state index contributed by atoms with van der Waals surface area (Å²) in [7, 11) is 0.0431. The molecule has 1 unspecified atom stereocenters. The van der Waals surface area contributed by atoms with E-state index in [-0.39, 0.29) is 11.0 Å². The number of rotatable bonds is 6. The van der Waals surface area contributed by atoms with Crippen LogP contribution in [0.15, 0.2) is 72.3 Å². The zero-order chi connectivity index (χ0) is 25.5. The van der Waals surface area contributed by atoms with Crippen LogP contribution in [0.1, 0.15) is 48.6 Å². The van der Waals surface area contributed by atoms with E-state index in [1.165, 1.54) is 0 Å². The molecule has 5 nitrogen and oxygen atoms in total. The van der Waals surface area contributed by atoms with Crippen molar-refractivity contribution >= 4 is 20.6 Å². The first-order valence-electron chi connectivity index (χ1n) is 11.7. The summed E-state index contributed by atoms with van der Waals surface area (Å²) < 4.78 is 11.6. The molecule has 0 radical (unpaired) electrons. The molecule has 1 atom stereocenters. The van der Waals surface area contributed by atoms with Gasteiger partial charge in [-0.3, -0.25) is 0 Å². The second-order valence-corrected chi connectivity index (χ2v) is 12.5. The highest BCUT2D eigenvalue weighted by Gasteiger charge is 2.49. The summed E-state index contributed by atoms with van der Waals surface area (Å²) in [5, 5.41) is 22.7. The average Bonchev–Trinajstić information content (AvgIpc) is 3.08. The molecule has 1 aliphatic rings. The number of carboxylic acids is 1. The van der Waals surface area contributed by atoms with Gasteiger partial charge in [0.25, 0.3) is 0 Å². The summed E-state index contributed by atoms with van der Waals surface area (Å²) in [6.07, 6.45) is 0. The number of ether oxygens (including phenoxy) is 1. The molecule has 0 saturated carbocycles. The first-order valence-corrected chi connectivity index (χ1v) is 14.5. The number of methoxy groups -OCH3 is 1. The zero-order valence-corrected chi connectivity index (χ0v) is 22.2. The number of carboxylic acid groups (broad SMARTS) is 1. The van der Waals surface area contributed by atoms with Crippen molar-refractivity contribution in [3.8, 4) is 11.5 Å². The minimum atomic E-state index is -1.83. The molecule has 3 aromatic rings. The summed E-state index contributed by atoms with van der Waals surface area (Å²) in [4.78, 5) is 12.9. The predicted octanol–water partition coefficient (Wildman–Crippen LogP) is 5.49. The molecule has 3 aromatic carbocycles. The lowest BCUT2D eigenvalue weighted by atomic mass is 9.82. The fourth-order valence-electron chi connectivity index (χ4n) is 4.69. The van der Waals surface area contributed by atoms with Gasteiger partial charge in [0.1, 0.15) is 17.1 Å². The second-order valence-electron chi connectivity index (χ2n) is 10.2. The Morgan fingerprint density at radius 3 is 2.17 bits per heavy atom. The summed E-state index contributed by atoms with van der Waals surface area (Å²) in [6.45, 7) is 10.6. The van der Waals surface area contributed by atoms with Crippen molar-refractivity contribution in [2.75, 3.05) is 7.11 Å². The van der Waals surface area contributed by atoms with E-state index in [9.17, 15) is 15.0 Å². The Kier molecular flexibility index (Phi) is 6.38. The van der Waals surface area contributed by atoms with E-state index in [1.807, 2.05) is 36.4 Å². The fourth-order valence-corrected chi connectivity index (χ4v) is 5.39. The molecule has 0 aliphatic heterocycles. The number of aliphatic hydroxyl groups is 1. The van der Waals surface area contributed by atoms with Crippen LogP contribution < -0.4 is 9.16 Å². The van der Waals surface area contributed by atoms with E-state index in [4.69, 9.17) is 9.16 Å². The Balaban J connectivity index is 2.06. The predicted molar refractivity (Wildman–Crippen MR) is 141 cm³/mol. The van der Waals surface area contributed by atoms with Crippen LogP contribution in [0, 0.1) is 0 Å². The van der Waals surface area contributed by atoms with Gasteiger partial charge >= 0.3 is 5.97 Å². The van der Waals surface area contributed by atoms with E-state index >= 15 is 0 Å². The third-order valence-corrected chi connectivity index (χ3v) is 7.12. The van der Waals surface area contributed by atoms with Crippen molar-refractivity contribution in [3.05, 3.63) is 100 Å². The molecule has 0 fully saturated rings. The summed E-state index contributed by atoms with van der Waals surface area (Å²) in [6, 6.07) is 20.2. The van der Waals surface area contributed by atoms with Crippen LogP contribution in [0.25, 0.3) is 5.57 Å². The normalized spacial score (nSPS) is 17.5. The van der Waals surface area contributed by atoms with Crippen molar-refractivity contribution in [1.82, 2.24) is 0 Å². The molecule has 0 saturated heterocycles. The molecule has 0 aromatic heterocycles. The fraction of sp³-hybridized carbons (Fsp3) is 0.276. The van der Waals surface area contributed by atoms with Gasteiger partial charge in [0.15, 0.2) is 0 Å². The molecule has 4 rings (SSSR count). The molecule has 2 N–H and O–H groups in total. The number of hydrogen-bond donors (Lipinski definition) is 2. The molecule has 182 valence electrons. The maximum atomic E-state index is 12.9. The number of carbonyl (C=O) groups is 1. The Morgan fingerprint density at radius 2 is 1.60 bits per heavy atom. The van der Waals surface area contributed by atoms with Gasteiger partial charge in [-0.05, 0) is 53.4 Å². The van der Waals surface area contributed by atoms with Crippen molar-refractivity contribution in [2.45, 2.75) is 44.9 Å². The van der Waals surface area contributed by atoms with E-state index in [1.54, 1.807) is 37.4 Å². The van der Waals surface area contributed by atoms with Crippen LogP contribution in [-0.2, 0) is 15.8 Å². The van der Waals surface area contributed by atoms with Gasteiger partial charge in [-0.25, -0.2) is 4.79 Å². The summed E-state index contributed by atoms with van der Waals surface area (Å²) in [5.74, 6) is 0.101. The Labute approximate surface area is 208 Å². The number of benzene rings is 3. The van der Waals surface area contributed by atoms with Crippen LogP contribution in [0.5, 0.6) is 11.5 Å².